The second-order valence-corrected chi connectivity index (χ2v) is 12.6. The van der Waals surface area contributed by atoms with Crippen molar-refractivity contribution in [3.63, 3.8) is 0 Å². The maximum atomic E-state index is 13.9. The predicted molar refractivity (Wildman–Crippen MR) is 123 cm³/mol. The van der Waals surface area contributed by atoms with E-state index in [-0.39, 0.29) is 42.2 Å². The van der Waals surface area contributed by atoms with Gasteiger partial charge in [0.1, 0.15) is 5.78 Å². The van der Waals surface area contributed by atoms with Crippen molar-refractivity contribution in [2.75, 3.05) is 0 Å². The van der Waals surface area contributed by atoms with Gasteiger partial charge >= 0.3 is 5.97 Å². The van der Waals surface area contributed by atoms with Gasteiger partial charge in [-0.2, -0.15) is 0 Å². The van der Waals surface area contributed by atoms with Crippen molar-refractivity contribution in [1.82, 2.24) is 0 Å². The van der Waals surface area contributed by atoms with Gasteiger partial charge in [0.2, 0.25) is 0 Å². The van der Waals surface area contributed by atoms with Gasteiger partial charge in [0.25, 0.3) is 0 Å². The van der Waals surface area contributed by atoms with Crippen LogP contribution in [0.5, 0.6) is 0 Å². The zero-order chi connectivity index (χ0) is 24.7. The third kappa shape index (κ3) is 3.09. The molecule has 0 aromatic heterocycles. The number of aliphatic hydroxyl groups excluding tert-OH is 2. The largest absolute Gasteiger partial charge is 0.481 e. The number of Topliss-reactive ketones (excluding diaryl/α,β-unsaturated/α-hetero) is 2. The van der Waals surface area contributed by atoms with Crippen molar-refractivity contribution in [2.45, 2.75) is 98.7 Å². The van der Waals surface area contributed by atoms with E-state index < -0.39 is 39.8 Å². The molecule has 0 aromatic rings. The van der Waals surface area contributed by atoms with Crippen molar-refractivity contribution >= 4 is 17.5 Å². The first-order chi connectivity index (χ1) is 15.1. The van der Waals surface area contributed by atoms with Crippen LogP contribution in [0, 0.1) is 39.4 Å². The Labute approximate surface area is 196 Å². The Morgan fingerprint density at radius 3 is 2.33 bits per heavy atom. The molecule has 0 radical (unpaired) electrons. The summed E-state index contributed by atoms with van der Waals surface area (Å²) in [6.07, 6.45) is 1.18. The van der Waals surface area contributed by atoms with Gasteiger partial charge in [-0.3, -0.25) is 14.4 Å². The molecule has 4 aliphatic carbocycles. The fraction of sp³-hybridized carbons (Fsp3) is 0.815. The molecule has 3 N–H and O–H groups in total. The predicted octanol–water partition coefficient (Wildman–Crippen LogP) is 3.93. The summed E-state index contributed by atoms with van der Waals surface area (Å²) in [7, 11) is 0. The van der Waals surface area contributed by atoms with Crippen LogP contribution in [0.3, 0.4) is 0 Å². The van der Waals surface area contributed by atoms with E-state index in [1.54, 1.807) is 0 Å². The molecule has 184 valence electrons. The van der Waals surface area contributed by atoms with Crippen LogP contribution >= 0.6 is 0 Å². The molecule has 0 saturated heterocycles. The molecule has 0 spiro atoms. The van der Waals surface area contributed by atoms with Gasteiger partial charge in [-0.25, -0.2) is 0 Å². The first kappa shape index (κ1) is 24.6. The number of aliphatic hydroxyl groups is 2. The third-order valence-corrected chi connectivity index (χ3v) is 10.9. The highest BCUT2D eigenvalue weighted by Gasteiger charge is 2.69. The number of carbonyl (C=O) groups is 3. The number of fused-ring (bicyclic) bond motifs is 4. The van der Waals surface area contributed by atoms with Crippen LogP contribution in [0.15, 0.2) is 11.1 Å². The molecule has 6 heteroatoms. The van der Waals surface area contributed by atoms with Crippen molar-refractivity contribution in [2.24, 2.45) is 39.4 Å². The lowest BCUT2D eigenvalue weighted by Crippen LogP contribution is -2.60. The number of hydrogen-bond donors (Lipinski definition) is 3. The monoisotopic (exact) mass is 460 g/mol. The summed E-state index contributed by atoms with van der Waals surface area (Å²) in [5, 5.41) is 32.2. The van der Waals surface area contributed by atoms with Crippen LogP contribution in [0.4, 0.5) is 0 Å². The van der Waals surface area contributed by atoms with Crippen LogP contribution in [-0.2, 0) is 14.4 Å². The zero-order valence-electron chi connectivity index (χ0n) is 20.9. The average Bonchev–Trinajstić information content (AvgIpc) is 2.92. The van der Waals surface area contributed by atoms with Gasteiger partial charge < -0.3 is 15.3 Å². The minimum Gasteiger partial charge on any atom is -0.481 e. The van der Waals surface area contributed by atoms with E-state index >= 15 is 0 Å². The maximum Gasteiger partial charge on any atom is 0.303 e. The average molecular weight is 461 g/mol. The Bertz CT molecular complexity index is 933. The van der Waals surface area contributed by atoms with Gasteiger partial charge in [0.15, 0.2) is 5.78 Å². The zero-order valence-corrected chi connectivity index (χ0v) is 20.9. The topological polar surface area (TPSA) is 112 Å². The van der Waals surface area contributed by atoms with Gasteiger partial charge in [0.05, 0.1) is 12.2 Å². The smallest absolute Gasteiger partial charge is 0.303 e. The number of carbonyl (C=O) groups excluding carboxylic acids is 2. The van der Waals surface area contributed by atoms with E-state index in [1.807, 2.05) is 27.7 Å². The molecule has 0 heterocycles. The van der Waals surface area contributed by atoms with Gasteiger partial charge in [-0.05, 0) is 54.4 Å². The molecule has 2 saturated carbocycles. The summed E-state index contributed by atoms with van der Waals surface area (Å²) < 4.78 is 0. The Kier molecular flexibility index (Phi) is 5.58. The van der Waals surface area contributed by atoms with Crippen molar-refractivity contribution in [3.05, 3.63) is 11.1 Å². The van der Waals surface area contributed by atoms with E-state index in [4.69, 9.17) is 5.11 Å². The SMILES string of the molecule is C[C@H](CCC(=O)O)[C@H]1C[C@H](O)[C@@]2(C)C3=C(C(=O)C[C@]12C)[C@@]1(C)CCC(=O)C(C)(C)C1C[C@@H]3O. The summed E-state index contributed by atoms with van der Waals surface area (Å²) in [4.78, 5) is 37.9. The number of aliphatic carboxylic acids is 1. The molecule has 0 aromatic carbocycles. The summed E-state index contributed by atoms with van der Waals surface area (Å²) in [5.41, 5.74) is -1.08. The van der Waals surface area contributed by atoms with Crippen LogP contribution in [0.1, 0.15) is 86.5 Å². The molecule has 33 heavy (non-hydrogen) atoms. The number of allylic oxidation sites excluding steroid dienone is 1. The molecule has 0 bridgehead atoms. The molecule has 0 aliphatic heterocycles. The number of rotatable bonds is 4. The summed E-state index contributed by atoms with van der Waals surface area (Å²) in [6.45, 7) is 12.1. The normalized spacial score (nSPS) is 45.3. The summed E-state index contributed by atoms with van der Waals surface area (Å²) in [6, 6.07) is 0. The lowest BCUT2D eigenvalue weighted by Gasteiger charge is -2.61. The van der Waals surface area contributed by atoms with Crippen LogP contribution in [0.25, 0.3) is 0 Å². The Hall–Kier alpha value is -1.53. The lowest BCUT2D eigenvalue weighted by atomic mass is 9.42. The van der Waals surface area contributed by atoms with Gasteiger partial charge in [-0.1, -0.05) is 41.5 Å². The second kappa shape index (κ2) is 7.48. The van der Waals surface area contributed by atoms with Gasteiger partial charge in [-0.15, -0.1) is 0 Å². The molecule has 8 atom stereocenters. The van der Waals surface area contributed by atoms with Crippen molar-refractivity contribution in [3.8, 4) is 0 Å². The highest BCUT2D eigenvalue weighted by atomic mass is 16.4. The first-order valence-electron chi connectivity index (χ1n) is 12.5. The molecule has 4 aliphatic rings. The quantitative estimate of drug-likeness (QED) is 0.586. The standard InChI is InChI=1S/C27H40O6/c1-14(7-8-21(32)33)15-11-20(31)27(6)23-16(28)12-18-24(2,3)19(30)9-10-25(18,4)22(23)17(29)13-26(15,27)5/h14-16,18,20,28,31H,7-13H2,1-6H3,(H,32,33)/t14-,15-,16+,18?,20+,25+,26-,27+/m1/s1. The first-order valence-corrected chi connectivity index (χ1v) is 12.5. The molecule has 6 nitrogen and oxygen atoms in total. The summed E-state index contributed by atoms with van der Waals surface area (Å²) >= 11 is 0. The maximum absolute atomic E-state index is 13.9. The second-order valence-electron chi connectivity index (χ2n) is 12.6. The number of ketones is 2. The van der Waals surface area contributed by atoms with E-state index in [0.717, 1.165) is 0 Å². The highest BCUT2D eigenvalue weighted by Crippen LogP contribution is 2.71. The fourth-order valence-corrected chi connectivity index (χ4v) is 8.74. The Morgan fingerprint density at radius 1 is 1.09 bits per heavy atom. The van der Waals surface area contributed by atoms with Crippen LogP contribution in [0.2, 0.25) is 0 Å². The van der Waals surface area contributed by atoms with E-state index in [0.29, 0.717) is 43.3 Å². The van der Waals surface area contributed by atoms with E-state index in [1.165, 1.54) is 0 Å². The number of hydrogen-bond acceptors (Lipinski definition) is 5. The fourth-order valence-electron chi connectivity index (χ4n) is 8.74. The Morgan fingerprint density at radius 2 is 1.73 bits per heavy atom. The minimum atomic E-state index is -0.875. The van der Waals surface area contributed by atoms with E-state index in [2.05, 4.69) is 13.8 Å². The minimum absolute atomic E-state index is 0.0167. The Balaban J connectivity index is 1.85. The number of carboxylic acids is 1. The molecular weight excluding hydrogens is 420 g/mol. The molecular formula is C27H40O6. The van der Waals surface area contributed by atoms with Crippen LogP contribution < -0.4 is 0 Å². The van der Waals surface area contributed by atoms with Crippen molar-refractivity contribution in [1.29, 1.82) is 0 Å². The lowest BCUT2D eigenvalue weighted by molar-refractivity contribution is -0.146. The molecule has 4 rings (SSSR count). The van der Waals surface area contributed by atoms with Gasteiger partial charge in [0, 0.05) is 41.1 Å². The molecule has 0 amide bonds. The third-order valence-electron chi connectivity index (χ3n) is 10.9. The number of carboxylic acid groups (broad SMARTS) is 1. The molecule has 2 fully saturated rings. The van der Waals surface area contributed by atoms with Crippen molar-refractivity contribution < 1.29 is 29.7 Å². The highest BCUT2D eigenvalue weighted by molar-refractivity contribution is 6.01. The molecule has 1 unspecified atom stereocenters. The van der Waals surface area contributed by atoms with E-state index in [9.17, 15) is 24.6 Å². The van der Waals surface area contributed by atoms with Crippen LogP contribution in [-0.4, -0.2) is 45.1 Å². The summed E-state index contributed by atoms with van der Waals surface area (Å²) in [5.74, 6) is -0.723.